The third kappa shape index (κ3) is 3.64. The number of nitrogens with one attached hydrogen (secondary N) is 1. The predicted octanol–water partition coefficient (Wildman–Crippen LogP) is 5.37. The maximum absolute atomic E-state index is 9.34. The third-order valence-electron chi connectivity index (χ3n) is 4.07. The number of fused-ring (bicyclic) bond motifs is 1. The van der Waals surface area contributed by atoms with Crippen LogP contribution in [0.1, 0.15) is 5.56 Å². The van der Waals surface area contributed by atoms with Gasteiger partial charge in [-0.15, -0.1) is 11.3 Å². The van der Waals surface area contributed by atoms with Crippen molar-refractivity contribution in [2.75, 3.05) is 11.9 Å². The van der Waals surface area contributed by atoms with Gasteiger partial charge in [0, 0.05) is 33.6 Å². The zero-order chi connectivity index (χ0) is 17.9. The maximum atomic E-state index is 9.34. The van der Waals surface area contributed by atoms with Crippen LogP contribution in [-0.4, -0.2) is 21.6 Å². The highest BCUT2D eigenvalue weighted by molar-refractivity contribution is 7.17. The molecule has 0 atom stereocenters. The molecule has 4 aromatic rings. The van der Waals surface area contributed by atoms with E-state index in [4.69, 9.17) is 11.6 Å². The Bertz CT molecular complexity index is 1050. The molecule has 0 amide bonds. The Morgan fingerprint density at radius 3 is 2.69 bits per heavy atom. The molecule has 0 spiro atoms. The SMILES string of the molecule is Oc1ccc(CCNc2cc(Cl)nc(-c3csc4ccccc34)n2)cc1. The highest BCUT2D eigenvalue weighted by Crippen LogP contribution is 2.33. The average molecular weight is 382 g/mol. The van der Waals surface area contributed by atoms with E-state index in [0.29, 0.717) is 23.3 Å². The minimum atomic E-state index is 0.275. The van der Waals surface area contributed by atoms with Crippen molar-refractivity contribution in [2.45, 2.75) is 6.42 Å². The van der Waals surface area contributed by atoms with Gasteiger partial charge in [-0.3, -0.25) is 0 Å². The van der Waals surface area contributed by atoms with E-state index in [2.05, 4.69) is 32.8 Å². The van der Waals surface area contributed by atoms with E-state index in [9.17, 15) is 5.11 Å². The molecule has 4 rings (SSSR count). The Hall–Kier alpha value is -2.63. The lowest BCUT2D eigenvalue weighted by molar-refractivity contribution is 0.475. The van der Waals surface area contributed by atoms with E-state index in [1.54, 1.807) is 29.5 Å². The first kappa shape index (κ1) is 16.8. The number of aromatic nitrogens is 2. The number of halogens is 1. The van der Waals surface area contributed by atoms with Gasteiger partial charge in [0.25, 0.3) is 0 Å². The zero-order valence-electron chi connectivity index (χ0n) is 13.8. The third-order valence-corrected chi connectivity index (χ3v) is 5.23. The minimum Gasteiger partial charge on any atom is -0.508 e. The number of aromatic hydroxyl groups is 1. The fourth-order valence-corrected chi connectivity index (χ4v) is 3.90. The normalized spacial score (nSPS) is 11.0. The van der Waals surface area contributed by atoms with Gasteiger partial charge in [-0.05, 0) is 30.2 Å². The van der Waals surface area contributed by atoms with Crippen LogP contribution in [0.25, 0.3) is 21.5 Å². The molecule has 0 bridgehead atoms. The molecule has 0 aliphatic heterocycles. The summed E-state index contributed by atoms with van der Waals surface area (Å²) >= 11 is 7.89. The zero-order valence-corrected chi connectivity index (χ0v) is 15.4. The molecule has 0 fully saturated rings. The summed E-state index contributed by atoms with van der Waals surface area (Å²) in [6.07, 6.45) is 0.818. The molecule has 6 heteroatoms. The van der Waals surface area contributed by atoms with Gasteiger partial charge in [0.15, 0.2) is 5.82 Å². The number of thiophene rings is 1. The van der Waals surface area contributed by atoms with E-state index in [1.807, 2.05) is 24.3 Å². The number of benzene rings is 2. The van der Waals surface area contributed by atoms with Crippen LogP contribution in [0.15, 0.2) is 60.0 Å². The molecule has 0 saturated carbocycles. The number of hydrogen-bond acceptors (Lipinski definition) is 5. The van der Waals surface area contributed by atoms with Crippen LogP contribution in [0.3, 0.4) is 0 Å². The quantitative estimate of drug-likeness (QED) is 0.456. The number of nitrogens with zero attached hydrogens (tertiary/aromatic N) is 2. The van der Waals surface area contributed by atoms with Crippen molar-refractivity contribution in [3.05, 3.63) is 70.7 Å². The van der Waals surface area contributed by atoms with Gasteiger partial charge < -0.3 is 10.4 Å². The van der Waals surface area contributed by atoms with Crippen LogP contribution in [-0.2, 0) is 6.42 Å². The summed E-state index contributed by atoms with van der Waals surface area (Å²) in [7, 11) is 0. The molecule has 0 aliphatic carbocycles. The Morgan fingerprint density at radius 1 is 1.04 bits per heavy atom. The summed E-state index contributed by atoms with van der Waals surface area (Å²) in [5.74, 6) is 1.60. The van der Waals surface area contributed by atoms with E-state index >= 15 is 0 Å². The molecule has 0 radical (unpaired) electrons. The van der Waals surface area contributed by atoms with E-state index in [-0.39, 0.29) is 5.75 Å². The van der Waals surface area contributed by atoms with Gasteiger partial charge in [0.05, 0.1) is 0 Å². The molecule has 2 aromatic heterocycles. The van der Waals surface area contributed by atoms with Crippen molar-refractivity contribution >= 4 is 38.8 Å². The number of phenols is 1. The second-order valence-corrected chi connectivity index (χ2v) is 7.19. The summed E-state index contributed by atoms with van der Waals surface area (Å²) < 4.78 is 1.20. The first-order valence-electron chi connectivity index (χ1n) is 8.22. The van der Waals surface area contributed by atoms with Crippen molar-refractivity contribution in [1.29, 1.82) is 0 Å². The van der Waals surface area contributed by atoms with Crippen molar-refractivity contribution in [3.8, 4) is 17.1 Å². The summed E-state index contributed by atoms with van der Waals surface area (Å²) in [6.45, 7) is 0.710. The number of hydrogen-bond donors (Lipinski definition) is 2. The van der Waals surface area contributed by atoms with Gasteiger partial charge in [0.2, 0.25) is 0 Å². The van der Waals surface area contributed by atoms with Crippen LogP contribution in [0.5, 0.6) is 5.75 Å². The van der Waals surface area contributed by atoms with E-state index < -0.39 is 0 Å². The molecule has 2 aromatic carbocycles. The summed E-state index contributed by atoms with van der Waals surface area (Å²) in [4.78, 5) is 9.03. The Balaban J connectivity index is 1.53. The van der Waals surface area contributed by atoms with Crippen LogP contribution in [0.4, 0.5) is 5.82 Å². The number of phenolic OH excluding ortho intramolecular Hbond substituents is 1. The fraction of sp³-hybridized carbons (Fsp3) is 0.100. The Morgan fingerprint density at radius 2 is 1.85 bits per heavy atom. The van der Waals surface area contributed by atoms with E-state index in [0.717, 1.165) is 22.9 Å². The highest BCUT2D eigenvalue weighted by atomic mass is 35.5. The number of rotatable bonds is 5. The molecule has 0 unspecified atom stereocenters. The second-order valence-electron chi connectivity index (χ2n) is 5.89. The molecular formula is C20H16ClN3OS. The largest absolute Gasteiger partial charge is 0.508 e. The molecule has 26 heavy (non-hydrogen) atoms. The van der Waals surface area contributed by atoms with Crippen molar-refractivity contribution < 1.29 is 5.11 Å². The molecular weight excluding hydrogens is 366 g/mol. The van der Waals surface area contributed by atoms with E-state index in [1.165, 1.54) is 4.70 Å². The summed E-state index contributed by atoms with van der Waals surface area (Å²) in [5.41, 5.74) is 2.13. The Labute approximate surface area is 160 Å². The van der Waals surface area contributed by atoms with Gasteiger partial charge in [0.1, 0.15) is 16.7 Å². The lowest BCUT2D eigenvalue weighted by Gasteiger charge is -2.08. The van der Waals surface area contributed by atoms with Crippen LogP contribution >= 0.6 is 22.9 Å². The number of anilines is 1. The lowest BCUT2D eigenvalue weighted by atomic mass is 10.1. The van der Waals surface area contributed by atoms with Gasteiger partial charge in [-0.25, -0.2) is 9.97 Å². The van der Waals surface area contributed by atoms with Crippen molar-refractivity contribution in [3.63, 3.8) is 0 Å². The monoisotopic (exact) mass is 381 g/mol. The lowest BCUT2D eigenvalue weighted by Crippen LogP contribution is -2.07. The van der Waals surface area contributed by atoms with Crippen molar-refractivity contribution in [2.24, 2.45) is 0 Å². The van der Waals surface area contributed by atoms with Gasteiger partial charge in [-0.2, -0.15) is 0 Å². The molecule has 2 heterocycles. The van der Waals surface area contributed by atoms with Crippen LogP contribution in [0, 0.1) is 0 Å². The van der Waals surface area contributed by atoms with Gasteiger partial charge in [-0.1, -0.05) is 41.9 Å². The first-order valence-corrected chi connectivity index (χ1v) is 9.48. The predicted molar refractivity (Wildman–Crippen MR) is 108 cm³/mol. The molecule has 130 valence electrons. The second kappa shape index (κ2) is 7.32. The fourth-order valence-electron chi connectivity index (χ4n) is 2.78. The Kier molecular flexibility index (Phi) is 4.73. The standard InChI is InChI=1S/C20H16ClN3OS/c21-18-11-19(22-10-9-13-5-7-14(25)8-6-13)24-20(23-18)16-12-26-17-4-2-1-3-15(16)17/h1-8,11-12,25H,9-10H2,(H,22,23,24). The molecule has 2 N–H and O–H groups in total. The molecule has 0 aliphatic rings. The topological polar surface area (TPSA) is 58.0 Å². The summed E-state index contributed by atoms with van der Waals surface area (Å²) in [6, 6.07) is 17.1. The highest BCUT2D eigenvalue weighted by Gasteiger charge is 2.11. The van der Waals surface area contributed by atoms with Crippen LogP contribution in [0.2, 0.25) is 5.15 Å². The smallest absolute Gasteiger partial charge is 0.164 e. The van der Waals surface area contributed by atoms with Gasteiger partial charge >= 0.3 is 0 Å². The molecule has 0 saturated heterocycles. The maximum Gasteiger partial charge on any atom is 0.164 e. The summed E-state index contributed by atoms with van der Waals surface area (Å²) in [5, 5.41) is 16.3. The average Bonchev–Trinajstić information content (AvgIpc) is 3.07. The van der Waals surface area contributed by atoms with Crippen molar-refractivity contribution in [1.82, 2.24) is 9.97 Å². The first-order chi connectivity index (χ1) is 12.7. The van der Waals surface area contributed by atoms with Crippen LogP contribution < -0.4 is 5.32 Å². The minimum absolute atomic E-state index is 0.275. The molecule has 4 nitrogen and oxygen atoms in total.